The molecule has 7 heteroatoms. The van der Waals surface area contributed by atoms with Crippen LogP contribution in [-0.2, 0) is 19.1 Å². The molecule has 0 aliphatic carbocycles. The third-order valence-corrected chi connectivity index (χ3v) is 3.76. The van der Waals surface area contributed by atoms with E-state index in [4.69, 9.17) is 24.5 Å². The molecule has 1 atom stereocenters. The van der Waals surface area contributed by atoms with Crippen LogP contribution in [-0.4, -0.2) is 58.8 Å². The van der Waals surface area contributed by atoms with E-state index in [1.54, 1.807) is 0 Å². The summed E-state index contributed by atoms with van der Waals surface area (Å²) in [5, 5.41) is 14.8. The highest BCUT2D eigenvalue weighted by Crippen LogP contribution is 2.29. The van der Waals surface area contributed by atoms with E-state index in [0.717, 1.165) is 30.8 Å². The van der Waals surface area contributed by atoms with Gasteiger partial charge in [0.25, 0.3) is 0 Å². The monoisotopic (exact) mass is 363 g/mol. The van der Waals surface area contributed by atoms with Crippen LogP contribution in [0.4, 0.5) is 0 Å². The van der Waals surface area contributed by atoms with Gasteiger partial charge in [-0.15, -0.1) is 0 Å². The second-order valence-electron chi connectivity index (χ2n) is 6.03. The molecule has 1 aliphatic heterocycles. The summed E-state index contributed by atoms with van der Waals surface area (Å²) in [7, 11) is 0. The molecule has 1 aliphatic rings. The van der Waals surface area contributed by atoms with Crippen LogP contribution in [0.15, 0.2) is 36.4 Å². The SMILES string of the molecule is CCN1CC=C(c2ccccc2)C(C(=O)OC(C)C)C1.O=C(O)C(=O)O. The van der Waals surface area contributed by atoms with Gasteiger partial charge >= 0.3 is 17.9 Å². The molecule has 1 unspecified atom stereocenters. The van der Waals surface area contributed by atoms with Crippen LogP contribution in [0.5, 0.6) is 0 Å². The number of ether oxygens (including phenoxy) is 1. The van der Waals surface area contributed by atoms with Crippen molar-refractivity contribution in [1.82, 2.24) is 4.90 Å². The van der Waals surface area contributed by atoms with Gasteiger partial charge in [0.1, 0.15) is 0 Å². The topological polar surface area (TPSA) is 104 Å². The molecule has 0 saturated heterocycles. The summed E-state index contributed by atoms with van der Waals surface area (Å²) >= 11 is 0. The van der Waals surface area contributed by atoms with Crippen molar-refractivity contribution < 1.29 is 29.3 Å². The zero-order valence-electron chi connectivity index (χ0n) is 15.2. The molecule has 1 aromatic carbocycles. The zero-order valence-corrected chi connectivity index (χ0v) is 15.2. The molecule has 0 spiro atoms. The number of carboxylic acid groups (broad SMARTS) is 2. The van der Waals surface area contributed by atoms with Crippen molar-refractivity contribution in [2.75, 3.05) is 19.6 Å². The van der Waals surface area contributed by atoms with E-state index in [1.807, 2.05) is 32.0 Å². The van der Waals surface area contributed by atoms with Gasteiger partial charge in [0.15, 0.2) is 0 Å². The van der Waals surface area contributed by atoms with Gasteiger partial charge < -0.3 is 14.9 Å². The van der Waals surface area contributed by atoms with Crippen molar-refractivity contribution in [3.8, 4) is 0 Å². The van der Waals surface area contributed by atoms with E-state index >= 15 is 0 Å². The Morgan fingerprint density at radius 2 is 1.73 bits per heavy atom. The fraction of sp³-hybridized carbons (Fsp3) is 0.421. The number of aliphatic carboxylic acids is 2. The summed E-state index contributed by atoms with van der Waals surface area (Å²) in [5.74, 6) is -3.95. The molecule has 0 bridgehead atoms. The largest absolute Gasteiger partial charge is 0.473 e. The quantitative estimate of drug-likeness (QED) is 0.624. The number of rotatable bonds is 4. The summed E-state index contributed by atoms with van der Waals surface area (Å²) in [6.07, 6.45) is 2.09. The summed E-state index contributed by atoms with van der Waals surface area (Å²) in [6, 6.07) is 10.1. The first kappa shape index (κ1) is 21.4. The Labute approximate surface area is 152 Å². The Hall–Kier alpha value is -2.67. The van der Waals surface area contributed by atoms with Crippen LogP contribution in [0, 0.1) is 5.92 Å². The Morgan fingerprint density at radius 3 is 2.19 bits per heavy atom. The minimum Gasteiger partial charge on any atom is -0.473 e. The Morgan fingerprint density at radius 1 is 1.15 bits per heavy atom. The highest BCUT2D eigenvalue weighted by Gasteiger charge is 2.30. The molecule has 7 nitrogen and oxygen atoms in total. The first-order valence-corrected chi connectivity index (χ1v) is 8.40. The number of carbonyl (C=O) groups excluding carboxylic acids is 1. The number of esters is 1. The molecular weight excluding hydrogens is 338 g/mol. The zero-order chi connectivity index (χ0) is 19.7. The molecular formula is C19H25NO6. The lowest BCUT2D eigenvalue weighted by molar-refractivity contribution is -0.159. The Kier molecular flexibility index (Phi) is 8.51. The average molecular weight is 363 g/mol. The Bertz CT molecular complexity index is 641. The van der Waals surface area contributed by atoms with Crippen molar-refractivity contribution in [2.24, 2.45) is 5.92 Å². The summed E-state index contributed by atoms with van der Waals surface area (Å²) < 4.78 is 5.43. The van der Waals surface area contributed by atoms with E-state index in [-0.39, 0.29) is 18.0 Å². The lowest BCUT2D eigenvalue weighted by Gasteiger charge is -2.31. The highest BCUT2D eigenvalue weighted by molar-refractivity contribution is 6.27. The van der Waals surface area contributed by atoms with E-state index in [9.17, 15) is 4.79 Å². The van der Waals surface area contributed by atoms with Crippen molar-refractivity contribution in [1.29, 1.82) is 0 Å². The van der Waals surface area contributed by atoms with E-state index in [2.05, 4.69) is 30.0 Å². The molecule has 0 amide bonds. The molecule has 2 rings (SSSR count). The third-order valence-electron chi connectivity index (χ3n) is 3.76. The van der Waals surface area contributed by atoms with Gasteiger partial charge in [-0.3, -0.25) is 9.69 Å². The van der Waals surface area contributed by atoms with Gasteiger partial charge in [0.05, 0.1) is 12.0 Å². The molecule has 26 heavy (non-hydrogen) atoms. The van der Waals surface area contributed by atoms with Crippen molar-refractivity contribution in [3.05, 3.63) is 42.0 Å². The van der Waals surface area contributed by atoms with E-state index in [0.29, 0.717) is 0 Å². The van der Waals surface area contributed by atoms with Gasteiger partial charge in [0.2, 0.25) is 0 Å². The number of nitrogens with zero attached hydrogens (tertiary/aromatic N) is 1. The van der Waals surface area contributed by atoms with Gasteiger partial charge in [-0.2, -0.15) is 0 Å². The minimum absolute atomic E-state index is 0.0727. The van der Waals surface area contributed by atoms with Crippen molar-refractivity contribution in [2.45, 2.75) is 26.9 Å². The molecule has 1 heterocycles. The first-order valence-electron chi connectivity index (χ1n) is 8.40. The third kappa shape index (κ3) is 6.68. The molecule has 142 valence electrons. The van der Waals surface area contributed by atoms with Crippen LogP contribution >= 0.6 is 0 Å². The standard InChI is InChI=1S/C17H23NO2.C2H2O4/c1-4-18-11-10-15(14-8-6-5-7-9-14)16(12-18)17(19)20-13(2)3;3-1(4)2(5)6/h5-10,13,16H,4,11-12H2,1-3H3;(H,3,4)(H,5,6). The maximum atomic E-state index is 12.4. The number of carbonyl (C=O) groups is 3. The molecule has 2 N–H and O–H groups in total. The van der Waals surface area contributed by atoms with Crippen molar-refractivity contribution >= 4 is 23.5 Å². The maximum Gasteiger partial charge on any atom is 0.414 e. The molecule has 0 radical (unpaired) electrons. The molecule has 0 fully saturated rings. The summed E-state index contributed by atoms with van der Waals surface area (Å²) in [5.41, 5.74) is 2.22. The van der Waals surface area contributed by atoms with Crippen LogP contribution in [0.3, 0.4) is 0 Å². The van der Waals surface area contributed by atoms with Crippen LogP contribution in [0.2, 0.25) is 0 Å². The smallest absolute Gasteiger partial charge is 0.414 e. The number of hydrogen-bond acceptors (Lipinski definition) is 5. The maximum absolute atomic E-state index is 12.4. The normalized spacial score (nSPS) is 16.9. The number of likely N-dealkylation sites (N-methyl/N-ethyl adjacent to an activating group) is 1. The second-order valence-corrected chi connectivity index (χ2v) is 6.03. The lowest BCUT2D eigenvalue weighted by Crippen LogP contribution is -2.39. The van der Waals surface area contributed by atoms with E-state index < -0.39 is 11.9 Å². The minimum atomic E-state index is -1.82. The lowest BCUT2D eigenvalue weighted by atomic mass is 9.89. The fourth-order valence-corrected chi connectivity index (χ4v) is 2.52. The number of carboxylic acids is 2. The predicted octanol–water partition coefficient (Wildman–Crippen LogP) is 2.13. The Balaban J connectivity index is 0.000000487. The molecule has 0 saturated carbocycles. The molecule has 0 aromatic heterocycles. The average Bonchev–Trinajstić information content (AvgIpc) is 2.61. The van der Waals surface area contributed by atoms with Crippen LogP contribution in [0.1, 0.15) is 26.3 Å². The van der Waals surface area contributed by atoms with E-state index in [1.165, 1.54) is 0 Å². The predicted molar refractivity (Wildman–Crippen MR) is 96.5 cm³/mol. The second kappa shape index (κ2) is 10.4. The van der Waals surface area contributed by atoms with Gasteiger partial charge in [0, 0.05) is 13.1 Å². The van der Waals surface area contributed by atoms with Crippen LogP contribution in [0.25, 0.3) is 5.57 Å². The number of hydrogen-bond donors (Lipinski definition) is 2. The van der Waals surface area contributed by atoms with Gasteiger partial charge in [-0.05, 0) is 31.5 Å². The number of benzene rings is 1. The first-order chi connectivity index (χ1) is 12.3. The summed E-state index contributed by atoms with van der Waals surface area (Å²) in [4.78, 5) is 32.8. The van der Waals surface area contributed by atoms with Crippen molar-refractivity contribution in [3.63, 3.8) is 0 Å². The van der Waals surface area contributed by atoms with Gasteiger partial charge in [-0.1, -0.05) is 43.3 Å². The van der Waals surface area contributed by atoms with Gasteiger partial charge in [-0.25, -0.2) is 9.59 Å². The fourth-order valence-electron chi connectivity index (χ4n) is 2.52. The molecule has 1 aromatic rings. The highest BCUT2D eigenvalue weighted by atomic mass is 16.5. The van der Waals surface area contributed by atoms with Crippen LogP contribution < -0.4 is 0 Å². The summed E-state index contributed by atoms with van der Waals surface area (Å²) in [6.45, 7) is 8.49.